The van der Waals surface area contributed by atoms with Crippen LogP contribution >= 0.6 is 0 Å². The van der Waals surface area contributed by atoms with Crippen LogP contribution in [0.25, 0.3) is 10.9 Å². The second kappa shape index (κ2) is 7.19. The summed E-state index contributed by atoms with van der Waals surface area (Å²) in [6.45, 7) is 0.546. The number of hydrogen-bond donors (Lipinski definition) is 4. The largest absolute Gasteiger partial charge is 0.399 e. The molecule has 2 aromatic carbocycles. The number of carbonyl (C=O) groups is 1. The maximum Gasteiger partial charge on any atom is 0.237 e. The predicted molar refractivity (Wildman–Crippen MR) is 97.5 cm³/mol. The van der Waals surface area contributed by atoms with Crippen molar-refractivity contribution in [1.82, 2.24) is 10.3 Å². The van der Waals surface area contributed by atoms with Crippen molar-refractivity contribution in [2.24, 2.45) is 5.73 Å². The normalized spacial score (nSPS) is 12.2. The van der Waals surface area contributed by atoms with Crippen LogP contribution in [0.3, 0.4) is 0 Å². The zero-order chi connectivity index (χ0) is 16.9. The summed E-state index contributed by atoms with van der Waals surface area (Å²) in [4.78, 5) is 15.4. The molecule has 0 aliphatic rings. The average molecular weight is 322 g/mol. The van der Waals surface area contributed by atoms with Gasteiger partial charge >= 0.3 is 0 Å². The van der Waals surface area contributed by atoms with E-state index in [1.807, 2.05) is 54.7 Å². The van der Waals surface area contributed by atoms with Crippen molar-refractivity contribution in [1.29, 1.82) is 0 Å². The summed E-state index contributed by atoms with van der Waals surface area (Å²) in [7, 11) is 0. The number of aromatic amines is 1. The number of amides is 1. The van der Waals surface area contributed by atoms with Crippen molar-refractivity contribution in [2.45, 2.75) is 18.9 Å². The van der Waals surface area contributed by atoms with Crippen LogP contribution in [-0.4, -0.2) is 23.5 Å². The zero-order valence-electron chi connectivity index (χ0n) is 13.5. The first-order valence-corrected chi connectivity index (χ1v) is 8.06. The standard InChI is InChI=1S/C19H22N4O/c20-15-5-3-4-13(10-15)8-9-22-19(24)17(21)11-14-12-23-18-7-2-1-6-16(14)18/h1-7,10,12,17,23H,8-9,11,20-21H2,(H,22,24)/t17-/m0/s1. The lowest BCUT2D eigenvalue weighted by Crippen LogP contribution is -2.42. The van der Waals surface area contributed by atoms with Gasteiger partial charge in [0.05, 0.1) is 6.04 Å². The Labute approximate surface area is 141 Å². The molecule has 0 fully saturated rings. The van der Waals surface area contributed by atoms with E-state index in [-0.39, 0.29) is 5.91 Å². The molecule has 1 aromatic heterocycles. The highest BCUT2D eigenvalue weighted by atomic mass is 16.2. The van der Waals surface area contributed by atoms with E-state index in [9.17, 15) is 4.79 Å². The number of fused-ring (bicyclic) bond motifs is 1. The number of nitrogen functional groups attached to an aromatic ring is 1. The number of hydrogen-bond acceptors (Lipinski definition) is 3. The van der Waals surface area contributed by atoms with Crippen LogP contribution in [0.4, 0.5) is 5.69 Å². The quantitative estimate of drug-likeness (QED) is 0.522. The Hall–Kier alpha value is -2.79. The van der Waals surface area contributed by atoms with Gasteiger partial charge in [-0.15, -0.1) is 0 Å². The highest BCUT2D eigenvalue weighted by molar-refractivity contribution is 5.86. The van der Waals surface area contributed by atoms with Crippen LogP contribution < -0.4 is 16.8 Å². The Morgan fingerprint density at radius 3 is 2.83 bits per heavy atom. The highest BCUT2D eigenvalue weighted by Crippen LogP contribution is 2.18. The van der Waals surface area contributed by atoms with Gasteiger partial charge in [0.2, 0.25) is 5.91 Å². The predicted octanol–water partition coefficient (Wildman–Crippen LogP) is 1.98. The smallest absolute Gasteiger partial charge is 0.237 e. The minimum atomic E-state index is -0.565. The van der Waals surface area contributed by atoms with Gasteiger partial charge in [0.15, 0.2) is 0 Å². The Morgan fingerprint density at radius 1 is 1.17 bits per heavy atom. The number of aromatic nitrogens is 1. The number of benzene rings is 2. The summed E-state index contributed by atoms with van der Waals surface area (Å²) in [5, 5.41) is 4.01. The third kappa shape index (κ3) is 3.75. The second-order valence-corrected chi connectivity index (χ2v) is 5.96. The third-order valence-electron chi connectivity index (χ3n) is 4.12. The number of carbonyl (C=O) groups excluding carboxylic acids is 1. The maximum absolute atomic E-state index is 12.2. The molecular formula is C19H22N4O. The summed E-state index contributed by atoms with van der Waals surface area (Å²) >= 11 is 0. The minimum absolute atomic E-state index is 0.135. The summed E-state index contributed by atoms with van der Waals surface area (Å²) in [6, 6.07) is 15.1. The molecule has 0 unspecified atom stereocenters. The fourth-order valence-electron chi connectivity index (χ4n) is 2.84. The molecule has 0 bridgehead atoms. The van der Waals surface area contributed by atoms with Crippen molar-refractivity contribution < 1.29 is 4.79 Å². The lowest BCUT2D eigenvalue weighted by Gasteiger charge is -2.12. The molecule has 0 aliphatic carbocycles. The number of nitrogens with two attached hydrogens (primary N) is 2. The van der Waals surface area contributed by atoms with E-state index in [1.165, 1.54) is 0 Å². The SMILES string of the molecule is Nc1cccc(CCNC(=O)[C@@H](N)Cc2c[nH]c3ccccc23)c1. The fourth-order valence-corrected chi connectivity index (χ4v) is 2.84. The average Bonchev–Trinajstić information content (AvgIpc) is 2.98. The first-order chi connectivity index (χ1) is 11.6. The second-order valence-electron chi connectivity index (χ2n) is 5.96. The van der Waals surface area contributed by atoms with Gasteiger partial charge in [-0.1, -0.05) is 30.3 Å². The van der Waals surface area contributed by atoms with Crippen LogP contribution in [0.1, 0.15) is 11.1 Å². The lowest BCUT2D eigenvalue weighted by molar-refractivity contribution is -0.122. The molecule has 0 aliphatic heterocycles. The zero-order valence-corrected chi connectivity index (χ0v) is 13.5. The molecule has 0 saturated heterocycles. The van der Waals surface area contributed by atoms with E-state index in [1.54, 1.807) is 0 Å². The number of rotatable bonds is 6. The molecule has 5 heteroatoms. The first kappa shape index (κ1) is 16.1. The summed E-state index contributed by atoms with van der Waals surface area (Å²) in [5.41, 5.74) is 15.8. The van der Waals surface area contributed by atoms with E-state index in [0.717, 1.165) is 34.1 Å². The molecule has 1 atom stereocenters. The van der Waals surface area contributed by atoms with E-state index < -0.39 is 6.04 Å². The summed E-state index contributed by atoms with van der Waals surface area (Å²) < 4.78 is 0. The highest BCUT2D eigenvalue weighted by Gasteiger charge is 2.15. The molecule has 1 amide bonds. The number of nitrogens with one attached hydrogen (secondary N) is 2. The van der Waals surface area contributed by atoms with Gasteiger partial charge in [-0.05, 0) is 42.2 Å². The Balaban J connectivity index is 1.53. The molecule has 0 radical (unpaired) electrons. The molecule has 0 saturated carbocycles. The van der Waals surface area contributed by atoms with Crippen molar-refractivity contribution >= 4 is 22.5 Å². The van der Waals surface area contributed by atoms with Crippen molar-refractivity contribution in [3.63, 3.8) is 0 Å². The molecule has 3 rings (SSSR count). The Bertz CT molecular complexity index is 840. The molecule has 3 aromatic rings. The van der Waals surface area contributed by atoms with Gasteiger partial charge in [-0.3, -0.25) is 4.79 Å². The lowest BCUT2D eigenvalue weighted by atomic mass is 10.0. The van der Waals surface area contributed by atoms with Gasteiger partial charge in [0.25, 0.3) is 0 Å². The van der Waals surface area contributed by atoms with Crippen molar-refractivity contribution in [3.05, 3.63) is 65.9 Å². The fraction of sp³-hybridized carbons (Fsp3) is 0.211. The number of anilines is 1. The van der Waals surface area contributed by atoms with E-state index in [4.69, 9.17) is 11.5 Å². The monoisotopic (exact) mass is 322 g/mol. The summed E-state index contributed by atoms with van der Waals surface area (Å²) in [5.74, 6) is -0.135. The first-order valence-electron chi connectivity index (χ1n) is 8.06. The van der Waals surface area contributed by atoms with Crippen LogP contribution in [0.5, 0.6) is 0 Å². The van der Waals surface area contributed by atoms with Crippen molar-refractivity contribution in [2.75, 3.05) is 12.3 Å². The molecule has 1 heterocycles. The van der Waals surface area contributed by atoms with Crippen LogP contribution in [0.15, 0.2) is 54.7 Å². The van der Waals surface area contributed by atoms with E-state index in [2.05, 4.69) is 10.3 Å². The number of para-hydroxylation sites is 1. The molecular weight excluding hydrogens is 300 g/mol. The third-order valence-corrected chi connectivity index (χ3v) is 4.12. The molecule has 5 nitrogen and oxygen atoms in total. The van der Waals surface area contributed by atoms with Gasteiger partial charge in [-0.2, -0.15) is 0 Å². The molecule has 124 valence electrons. The van der Waals surface area contributed by atoms with Gasteiger partial charge in [0, 0.05) is 29.3 Å². The summed E-state index contributed by atoms with van der Waals surface area (Å²) in [6.07, 6.45) is 3.16. The maximum atomic E-state index is 12.2. The van der Waals surface area contributed by atoms with Gasteiger partial charge < -0.3 is 21.8 Å². The molecule has 6 N–H and O–H groups in total. The van der Waals surface area contributed by atoms with Gasteiger partial charge in [-0.25, -0.2) is 0 Å². The van der Waals surface area contributed by atoms with E-state index in [0.29, 0.717) is 13.0 Å². The van der Waals surface area contributed by atoms with Crippen LogP contribution in [0, 0.1) is 0 Å². The Kier molecular flexibility index (Phi) is 4.82. The van der Waals surface area contributed by atoms with Crippen LogP contribution in [0.2, 0.25) is 0 Å². The van der Waals surface area contributed by atoms with Gasteiger partial charge in [0.1, 0.15) is 0 Å². The topological polar surface area (TPSA) is 96.9 Å². The van der Waals surface area contributed by atoms with E-state index >= 15 is 0 Å². The van der Waals surface area contributed by atoms with Crippen molar-refractivity contribution in [3.8, 4) is 0 Å². The number of H-pyrrole nitrogens is 1. The Morgan fingerprint density at radius 2 is 2.00 bits per heavy atom. The molecule has 24 heavy (non-hydrogen) atoms. The minimum Gasteiger partial charge on any atom is -0.399 e. The van der Waals surface area contributed by atoms with Crippen LogP contribution in [-0.2, 0) is 17.6 Å². The molecule has 0 spiro atoms.